The van der Waals surface area contributed by atoms with E-state index in [0.717, 1.165) is 45.4 Å². The summed E-state index contributed by atoms with van der Waals surface area (Å²) in [5.74, 6) is 0.881. The topological polar surface area (TPSA) is 53.8 Å². The second kappa shape index (κ2) is 8.80. The van der Waals surface area contributed by atoms with Gasteiger partial charge in [0.2, 0.25) is 0 Å². The SMILES string of the molecule is CCNC(=NCc1ccn(C)c1)NCC(C)N1CCOCC1. The first-order valence-corrected chi connectivity index (χ1v) is 8.14. The maximum absolute atomic E-state index is 5.40. The largest absolute Gasteiger partial charge is 0.379 e. The minimum Gasteiger partial charge on any atom is -0.379 e. The van der Waals surface area contributed by atoms with Crippen molar-refractivity contribution in [2.45, 2.75) is 26.4 Å². The maximum Gasteiger partial charge on any atom is 0.191 e. The summed E-state index contributed by atoms with van der Waals surface area (Å²) in [5.41, 5.74) is 1.22. The minimum absolute atomic E-state index is 0.476. The van der Waals surface area contributed by atoms with Gasteiger partial charge < -0.3 is 19.9 Å². The predicted molar refractivity (Wildman–Crippen MR) is 90.1 cm³/mol. The Kier molecular flexibility index (Phi) is 6.74. The molecule has 0 spiro atoms. The van der Waals surface area contributed by atoms with Gasteiger partial charge in [-0.1, -0.05) is 0 Å². The summed E-state index contributed by atoms with van der Waals surface area (Å²) in [4.78, 5) is 7.11. The molecule has 1 aliphatic rings. The van der Waals surface area contributed by atoms with Crippen molar-refractivity contribution >= 4 is 5.96 Å². The predicted octanol–water partition coefficient (Wildman–Crippen LogP) is 0.801. The van der Waals surface area contributed by atoms with E-state index in [2.05, 4.69) is 46.6 Å². The second-order valence-corrected chi connectivity index (χ2v) is 5.76. The van der Waals surface area contributed by atoms with Gasteiger partial charge in [0.05, 0.1) is 19.8 Å². The lowest BCUT2D eigenvalue weighted by Gasteiger charge is -2.32. The molecule has 1 aromatic rings. The average Bonchev–Trinajstić information content (AvgIpc) is 2.96. The molecule has 2 heterocycles. The third-order valence-corrected chi connectivity index (χ3v) is 3.89. The van der Waals surface area contributed by atoms with Crippen LogP contribution in [0.3, 0.4) is 0 Å². The summed E-state index contributed by atoms with van der Waals surface area (Å²) >= 11 is 0. The number of ether oxygens (including phenoxy) is 1. The fraction of sp³-hybridized carbons (Fsp3) is 0.688. The molecular weight excluding hydrogens is 278 g/mol. The first-order valence-electron chi connectivity index (χ1n) is 8.14. The van der Waals surface area contributed by atoms with E-state index in [1.165, 1.54) is 5.56 Å². The third kappa shape index (κ3) is 5.35. The monoisotopic (exact) mass is 307 g/mol. The van der Waals surface area contributed by atoms with E-state index in [9.17, 15) is 0 Å². The van der Waals surface area contributed by atoms with Crippen LogP contribution >= 0.6 is 0 Å². The van der Waals surface area contributed by atoms with Crippen LogP contribution in [-0.4, -0.2) is 60.9 Å². The minimum atomic E-state index is 0.476. The molecule has 22 heavy (non-hydrogen) atoms. The van der Waals surface area contributed by atoms with Gasteiger partial charge in [0.25, 0.3) is 0 Å². The number of guanidine groups is 1. The highest BCUT2D eigenvalue weighted by Gasteiger charge is 2.16. The molecule has 1 aromatic heterocycles. The molecule has 1 saturated heterocycles. The number of rotatable bonds is 6. The van der Waals surface area contributed by atoms with Crippen LogP contribution in [0.5, 0.6) is 0 Å². The van der Waals surface area contributed by atoms with Gasteiger partial charge in [0.1, 0.15) is 0 Å². The van der Waals surface area contributed by atoms with Crippen LogP contribution < -0.4 is 10.6 Å². The molecule has 1 unspecified atom stereocenters. The van der Waals surface area contributed by atoms with Crippen LogP contribution in [-0.2, 0) is 18.3 Å². The number of aliphatic imine (C=N–C) groups is 1. The highest BCUT2D eigenvalue weighted by atomic mass is 16.5. The van der Waals surface area contributed by atoms with E-state index >= 15 is 0 Å². The summed E-state index contributed by atoms with van der Waals surface area (Å²) in [6.07, 6.45) is 4.15. The first kappa shape index (κ1) is 16.8. The van der Waals surface area contributed by atoms with Crippen molar-refractivity contribution in [2.24, 2.45) is 12.0 Å². The average molecular weight is 307 g/mol. The summed E-state index contributed by atoms with van der Waals surface area (Å²) < 4.78 is 7.45. The normalized spacial score (nSPS) is 18.2. The van der Waals surface area contributed by atoms with Crippen molar-refractivity contribution in [1.29, 1.82) is 0 Å². The summed E-state index contributed by atoms with van der Waals surface area (Å²) in [6.45, 7) is 10.5. The molecule has 1 fully saturated rings. The molecule has 1 aliphatic heterocycles. The zero-order valence-corrected chi connectivity index (χ0v) is 14.0. The van der Waals surface area contributed by atoms with Gasteiger partial charge in [-0.15, -0.1) is 0 Å². The number of morpholine rings is 1. The molecule has 0 radical (unpaired) electrons. The van der Waals surface area contributed by atoms with Crippen molar-refractivity contribution in [2.75, 3.05) is 39.4 Å². The molecule has 124 valence electrons. The van der Waals surface area contributed by atoms with Crippen LogP contribution in [0.1, 0.15) is 19.4 Å². The van der Waals surface area contributed by atoms with Gasteiger partial charge in [-0.25, -0.2) is 4.99 Å². The number of aryl methyl sites for hydroxylation is 1. The van der Waals surface area contributed by atoms with Crippen molar-refractivity contribution in [3.05, 3.63) is 24.0 Å². The standard InChI is InChI=1S/C16H29N5O/c1-4-17-16(19-12-15-5-6-20(3)13-15)18-11-14(2)21-7-9-22-10-8-21/h5-6,13-14H,4,7-12H2,1-3H3,(H2,17,18,19). The first-order chi connectivity index (χ1) is 10.7. The zero-order valence-electron chi connectivity index (χ0n) is 14.0. The lowest BCUT2D eigenvalue weighted by atomic mass is 10.2. The molecule has 2 N–H and O–H groups in total. The Bertz CT molecular complexity index is 465. The molecule has 2 rings (SSSR count). The number of nitrogens with zero attached hydrogens (tertiary/aromatic N) is 3. The summed E-state index contributed by atoms with van der Waals surface area (Å²) in [5, 5.41) is 6.75. The molecular formula is C16H29N5O. The third-order valence-electron chi connectivity index (χ3n) is 3.89. The van der Waals surface area contributed by atoms with E-state index in [4.69, 9.17) is 4.74 Å². The van der Waals surface area contributed by atoms with Gasteiger partial charge in [-0.3, -0.25) is 4.90 Å². The Balaban J connectivity index is 1.82. The Morgan fingerprint density at radius 3 is 2.77 bits per heavy atom. The zero-order chi connectivity index (χ0) is 15.8. The van der Waals surface area contributed by atoms with Crippen LogP contribution in [0, 0.1) is 0 Å². The quantitative estimate of drug-likeness (QED) is 0.603. The molecule has 0 saturated carbocycles. The molecule has 0 aliphatic carbocycles. The molecule has 6 heteroatoms. The number of hydrogen-bond donors (Lipinski definition) is 2. The van der Waals surface area contributed by atoms with Crippen LogP contribution in [0.2, 0.25) is 0 Å². The van der Waals surface area contributed by atoms with E-state index in [1.54, 1.807) is 0 Å². The van der Waals surface area contributed by atoms with Gasteiger partial charge in [0.15, 0.2) is 5.96 Å². The molecule has 0 bridgehead atoms. The molecule has 6 nitrogen and oxygen atoms in total. The van der Waals surface area contributed by atoms with E-state index in [0.29, 0.717) is 12.6 Å². The molecule has 0 amide bonds. The number of aromatic nitrogens is 1. The summed E-state index contributed by atoms with van der Waals surface area (Å²) in [7, 11) is 2.03. The van der Waals surface area contributed by atoms with Gasteiger partial charge >= 0.3 is 0 Å². The van der Waals surface area contributed by atoms with Crippen molar-refractivity contribution in [1.82, 2.24) is 20.1 Å². The van der Waals surface area contributed by atoms with Crippen LogP contribution in [0.25, 0.3) is 0 Å². The highest BCUT2D eigenvalue weighted by molar-refractivity contribution is 5.79. The highest BCUT2D eigenvalue weighted by Crippen LogP contribution is 2.03. The fourth-order valence-electron chi connectivity index (χ4n) is 2.56. The number of nitrogens with one attached hydrogen (secondary N) is 2. The van der Waals surface area contributed by atoms with Crippen LogP contribution in [0.4, 0.5) is 0 Å². The van der Waals surface area contributed by atoms with E-state index in [1.807, 2.05) is 17.8 Å². The van der Waals surface area contributed by atoms with Crippen molar-refractivity contribution in [3.63, 3.8) is 0 Å². The smallest absolute Gasteiger partial charge is 0.191 e. The van der Waals surface area contributed by atoms with Gasteiger partial charge in [-0.2, -0.15) is 0 Å². The van der Waals surface area contributed by atoms with Crippen molar-refractivity contribution in [3.8, 4) is 0 Å². The van der Waals surface area contributed by atoms with Gasteiger partial charge in [-0.05, 0) is 25.5 Å². The Morgan fingerprint density at radius 2 is 2.14 bits per heavy atom. The van der Waals surface area contributed by atoms with Crippen LogP contribution in [0.15, 0.2) is 23.5 Å². The molecule has 1 atom stereocenters. The fourth-order valence-corrected chi connectivity index (χ4v) is 2.56. The number of hydrogen-bond acceptors (Lipinski definition) is 3. The lowest BCUT2D eigenvalue weighted by molar-refractivity contribution is 0.0211. The Morgan fingerprint density at radius 1 is 1.36 bits per heavy atom. The van der Waals surface area contributed by atoms with E-state index < -0.39 is 0 Å². The molecule has 0 aromatic carbocycles. The second-order valence-electron chi connectivity index (χ2n) is 5.76. The van der Waals surface area contributed by atoms with E-state index in [-0.39, 0.29) is 0 Å². The maximum atomic E-state index is 5.40. The Hall–Kier alpha value is -1.53. The lowest BCUT2D eigenvalue weighted by Crippen LogP contribution is -2.49. The van der Waals surface area contributed by atoms with Crippen molar-refractivity contribution < 1.29 is 4.74 Å². The Labute approximate surface area is 133 Å². The van der Waals surface area contributed by atoms with Gasteiger partial charge in [0, 0.05) is 51.7 Å². The summed E-state index contributed by atoms with van der Waals surface area (Å²) in [6, 6.07) is 2.58.